The van der Waals surface area contributed by atoms with Crippen molar-refractivity contribution in [3.8, 4) is 0 Å². The van der Waals surface area contributed by atoms with E-state index >= 15 is 0 Å². The Kier molecular flexibility index (Phi) is 5.95. The molecule has 0 bridgehead atoms. The molecule has 1 N–H and O–H groups in total. The van der Waals surface area contributed by atoms with Gasteiger partial charge in [0.2, 0.25) is 0 Å². The Morgan fingerprint density at radius 1 is 1.08 bits per heavy atom. The van der Waals surface area contributed by atoms with Crippen molar-refractivity contribution < 1.29 is 9.18 Å². The summed E-state index contributed by atoms with van der Waals surface area (Å²) in [5, 5.41) is 2.94. The highest BCUT2D eigenvalue weighted by atomic mass is 19.1. The second-order valence-electron chi connectivity index (χ2n) is 6.19. The average molecular weight is 342 g/mol. The Morgan fingerprint density at radius 3 is 2.52 bits per heavy atom. The number of carbonyl (C=O) groups excluding carboxylic acids is 1. The van der Waals surface area contributed by atoms with Crippen LogP contribution in [0.25, 0.3) is 0 Å². The summed E-state index contributed by atoms with van der Waals surface area (Å²) < 4.78 is 12.9. The van der Waals surface area contributed by atoms with Gasteiger partial charge in [0, 0.05) is 45.5 Å². The molecule has 2 aromatic rings. The van der Waals surface area contributed by atoms with Gasteiger partial charge >= 0.3 is 6.03 Å². The SMILES string of the molecule is O=C(NCCc1ccc(F)cc1)N1CCN(Cc2ccccn2)CC1. The Balaban J connectivity index is 1.37. The van der Waals surface area contributed by atoms with E-state index in [4.69, 9.17) is 0 Å². The molecule has 2 heterocycles. The van der Waals surface area contributed by atoms with Crippen molar-refractivity contribution in [2.45, 2.75) is 13.0 Å². The van der Waals surface area contributed by atoms with E-state index in [2.05, 4.69) is 15.2 Å². The standard InChI is InChI=1S/C19H23FN4O/c20-17-6-4-16(5-7-17)8-10-22-19(25)24-13-11-23(12-14-24)15-18-3-1-2-9-21-18/h1-7,9H,8,10-15H2,(H,22,25). The summed E-state index contributed by atoms with van der Waals surface area (Å²) in [5.74, 6) is -0.239. The molecule has 3 rings (SSSR count). The van der Waals surface area contributed by atoms with Crippen LogP contribution in [0.15, 0.2) is 48.7 Å². The number of halogens is 1. The Labute approximate surface area is 147 Å². The first-order valence-electron chi connectivity index (χ1n) is 8.60. The van der Waals surface area contributed by atoms with Crippen LogP contribution in [0.2, 0.25) is 0 Å². The minimum absolute atomic E-state index is 0.0282. The van der Waals surface area contributed by atoms with Crippen LogP contribution < -0.4 is 5.32 Å². The van der Waals surface area contributed by atoms with E-state index in [1.807, 2.05) is 23.1 Å². The number of hydrogen-bond acceptors (Lipinski definition) is 3. The summed E-state index contributed by atoms with van der Waals surface area (Å²) in [7, 11) is 0. The van der Waals surface area contributed by atoms with Gasteiger partial charge < -0.3 is 10.2 Å². The zero-order valence-electron chi connectivity index (χ0n) is 14.2. The van der Waals surface area contributed by atoms with Gasteiger partial charge in [-0.15, -0.1) is 0 Å². The number of amides is 2. The number of urea groups is 1. The van der Waals surface area contributed by atoms with E-state index in [1.54, 1.807) is 18.3 Å². The molecule has 1 aromatic heterocycles. The molecule has 132 valence electrons. The second-order valence-corrected chi connectivity index (χ2v) is 6.19. The fourth-order valence-corrected chi connectivity index (χ4v) is 2.91. The normalized spacial score (nSPS) is 15.2. The lowest BCUT2D eigenvalue weighted by Crippen LogP contribution is -2.51. The number of pyridine rings is 1. The third kappa shape index (κ3) is 5.26. The number of aromatic nitrogens is 1. The maximum Gasteiger partial charge on any atom is 0.317 e. The Hall–Kier alpha value is -2.47. The lowest BCUT2D eigenvalue weighted by Gasteiger charge is -2.34. The van der Waals surface area contributed by atoms with Crippen molar-refractivity contribution >= 4 is 6.03 Å². The van der Waals surface area contributed by atoms with Crippen molar-refractivity contribution in [2.24, 2.45) is 0 Å². The summed E-state index contributed by atoms with van der Waals surface area (Å²) in [5.41, 5.74) is 2.07. The van der Waals surface area contributed by atoms with Crippen molar-refractivity contribution in [3.05, 3.63) is 65.7 Å². The molecule has 2 amide bonds. The highest BCUT2D eigenvalue weighted by molar-refractivity contribution is 5.74. The van der Waals surface area contributed by atoms with E-state index in [9.17, 15) is 9.18 Å². The third-order valence-corrected chi connectivity index (χ3v) is 4.37. The van der Waals surface area contributed by atoms with E-state index in [0.29, 0.717) is 13.0 Å². The summed E-state index contributed by atoms with van der Waals surface area (Å²) in [6, 6.07) is 12.3. The van der Waals surface area contributed by atoms with Crippen molar-refractivity contribution in [1.29, 1.82) is 0 Å². The number of nitrogens with zero attached hydrogens (tertiary/aromatic N) is 3. The molecule has 0 spiro atoms. The summed E-state index contributed by atoms with van der Waals surface area (Å²) in [6.07, 6.45) is 2.51. The molecule has 0 atom stereocenters. The van der Waals surface area contributed by atoms with Crippen LogP contribution in [0, 0.1) is 5.82 Å². The second kappa shape index (κ2) is 8.58. The molecule has 0 unspecified atom stereocenters. The highest BCUT2D eigenvalue weighted by Crippen LogP contribution is 2.07. The van der Waals surface area contributed by atoms with E-state index in [0.717, 1.165) is 44.0 Å². The molecule has 6 heteroatoms. The molecule has 1 fully saturated rings. The zero-order chi connectivity index (χ0) is 17.5. The first-order chi connectivity index (χ1) is 12.2. The van der Waals surface area contributed by atoms with Crippen molar-refractivity contribution in [3.63, 3.8) is 0 Å². The zero-order valence-corrected chi connectivity index (χ0v) is 14.2. The molecule has 1 aliphatic rings. The number of benzene rings is 1. The topological polar surface area (TPSA) is 48.5 Å². The summed E-state index contributed by atoms with van der Waals surface area (Å²) in [6.45, 7) is 4.51. The minimum atomic E-state index is -0.239. The van der Waals surface area contributed by atoms with Gasteiger partial charge in [-0.2, -0.15) is 0 Å². The Morgan fingerprint density at radius 2 is 1.84 bits per heavy atom. The van der Waals surface area contributed by atoms with Gasteiger partial charge in [0.15, 0.2) is 0 Å². The highest BCUT2D eigenvalue weighted by Gasteiger charge is 2.20. The summed E-state index contributed by atoms with van der Waals surface area (Å²) >= 11 is 0. The van der Waals surface area contributed by atoms with Crippen molar-refractivity contribution in [1.82, 2.24) is 20.1 Å². The van der Waals surface area contributed by atoms with Crippen molar-refractivity contribution in [2.75, 3.05) is 32.7 Å². The minimum Gasteiger partial charge on any atom is -0.338 e. The van der Waals surface area contributed by atoms with Gasteiger partial charge in [0.25, 0.3) is 0 Å². The predicted octanol–water partition coefficient (Wildman–Crippen LogP) is 2.29. The van der Waals surface area contributed by atoms with Gasteiger partial charge in [-0.25, -0.2) is 9.18 Å². The number of nitrogens with one attached hydrogen (secondary N) is 1. The molecule has 1 aromatic carbocycles. The third-order valence-electron chi connectivity index (χ3n) is 4.37. The van der Waals surface area contributed by atoms with Crippen LogP contribution in [0.3, 0.4) is 0 Å². The maximum absolute atomic E-state index is 12.9. The smallest absolute Gasteiger partial charge is 0.317 e. The van der Waals surface area contributed by atoms with Gasteiger partial charge in [-0.1, -0.05) is 18.2 Å². The lowest BCUT2D eigenvalue weighted by molar-refractivity contribution is 0.134. The average Bonchev–Trinajstić information content (AvgIpc) is 2.65. The molecule has 0 saturated carbocycles. The molecular weight excluding hydrogens is 319 g/mol. The number of carbonyl (C=O) groups is 1. The first kappa shape index (κ1) is 17.4. The monoisotopic (exact) mass is 342 g/mol. The fraction of sp³-hybridized carbons (Fsp3) is 0.368. The van der Waals surface area contributed by atoms with Gasteiger partial charge in [0.1, 0.15) is 5.82 Å². The van der Waals surface area contributed by atoms with E-state index in [-0.39, 0.29) is 11.8 Å². The molecule has 25 heavy (non-hydrogen) atoms. The van der Waals surface area contributed by atoms with Crippen LogP contribution in [-0.4, -0.2) is 53.5 Å². The first-order valence-corrected chi connectivity index (χ1v) is 8.60. The van der Waals surface area contributed by atoms with E-state index < -0.39 is 0 Å². The van der Waals surface area contributed by atoms with Crippen LogP contribution in [-0.2, 0) is 13.0 Å². The molecule has 0 aliphatic carbocycles. The van der Waals surface area contributed by atoms with Crippen LogP contribution in [0.5, 0.6) is 0 Å². The van der Waals surface area contributed by atoms with Gasteiger partial charge in [-0.3, -0.25) is 9.88 Å². The quantitative estimate of drug-likeness (QED) is 0.907. The fourth-order valence-electron chi connectivity index (χ4n) is 2.91. The largest absolute Gasteiger partial charge is 0.338 e. The number of rotatable bonds is 5. The molecule has 1 saturated heterocycles. The lowest BCUT2D eigenvalue weighted by atomic mass is 10.1. The molecule has 5 nitrogen and oxygen atoms in total. The molecule has 1 aliphatic heterocycles. The van der Waals surface area contributed by atoms with Crippen LogP contribution >= 0.6 is 0 Å². The predicted molar refractivity (Wildman–Crippen MR) is 94.6 cm³/mol. The van der Waals surface area contributed by atoms with E-state index in [1.165, 1.54) is 12.1 Å². The molecule has 0 radical (unpaired) electrons. The maximum atomic E-state index is 12.9. The summed E-state index contributed by atoms with van der Waals surface area (Å²) in [4.78, 5) is 20.7. The Bertz CT molecular complexity index is 670. The van der Waals surface area contributed by atoms with Crippen LogP contribution in [0.4, 0.5) is 9.18 Å². The van der Waals surface area contributed by atoms with Crippen LogP contribution in [0.1, 0.15) is 11.3 Å². The van der Waals surface area contributed by atoms with Gasteiger partial charge in [0.05, 0.1) is 5.69 Å². The number of hydrogen-bond donors (Lipinski definition) is 1. The van der Waals surface area contributed by atoms with Gasteiger partial charge in [-0.05, 0) is 36.2 Å². The number of piperazine rings is 1. The molecular formula is C19H23FN4O.